The molecule has 0 atom stereocenters. The Morgan fingerprint density at radius 3 is 2.39 bits per heavy atom. The lowest BCUT2D eigenvalue weighted by atomic mass is 10.2. The molecule has 0 fully saturated rings. The number of hydrogen-bond donors (Lipinski definition) is 2. The molecule has 8 heteroatoms. The van der Waals surface area contributed by atoms with E-state index < -0.39 is 21.7 Å². The molecular weight excluding hydrogens is 383 g/mol. The maximum Gasteiger partial charge on any atom is 0.262 e. The van der Waals surface area contributed by atoms with Gasteiger partial charge >= 0.3 is 0 Å². The van der Waals surface area contributed by atoms with Gasteiger partial charge in [-0.15, -0.1) is 0 Å². The van der Waals surface area contributed by atoms with Gasteiger partial charge in [0, 0.05) is 11.3 Å². The molecule has 6 nitrogen and oxygen atoms in total. The van der Waals surface area contributed by atoms with Crippen LogP contribution in [0.15, 0.2) is 77.7 Å². The molecule has 0 radical (unpaired) electrons. The zero-order valence-corrected chi connectivity index (χ0v) is 15.7. The van der Waals surface area contributed by atoms with Crippen molar-refractivity contribution in [2.75, 3.05) is 17.1 Å². The molecule has 1 amide bonds. The molecule has 28 heavy (non-hydrogen) atoms. The number of anilines is 2. The number of nitrogens with one attached hydrogen (secondary N) is 2. The van der Waals surface area contributed by atoms with Crippen LogP contribution >= 0.6 is 0 Å². The fraction of sp³-hybridized carbons (Fsp3) is 0.0500. The van der Waals surface area contributed by atoms with E-state index in [0.29, 0.717) is 11.4 Å². The van der Waals surface area contributed by atoms with Gasteiger partial charge < -0.3 is 10.1 Å². The number of halogens is 1. The summed E-state index contributed by atoms with van der Waals surface area (Å²) in [6.45, 7) is 0. The second-order valence-corrected chi connectivity index (χ2v) is 7.48. The van der Waals surface area contributed by atoms with E-state index in [1.165, 1.54) is 55.6 Å². The average molecular weight is 400 g/mol. The van der Waals surface area contributed by atoms with Crippen molar-refractivity contribution in [2.45, 2.75) is 4.90 Å². The second kappa shape index (κ2) is 8.10. The van der Waals surface area contributed by atoms with Crippen LogP contribution in [0.5, 0.6) is 5.75 Å². The molecule has 0 bridgehead atoms. The fourth-order valence-electron chi connectivity index (χ4n) is 2.47. The van der Waals surface area contributed by atoms with Gasteiger partial charge in [0.05, 0.1) is 17.7 Å². The number of carbonyl (C=O) groups is 1. The standard InChI is InChI=1S/C20H17FN2O4S/c1-27-19-8-3-2-7-18(19)23-28(25,26)17-6-4-5-14(13-17)20(24)22-16-11-9-15(21)10-12-16/h2-13,23H,1H3,(H,22,24). The summed E-state index contributed by atoms with van der Waals surface area (Å²) in [5.74, 6) is -0.564. The molecule has 0 unspecified atom stereocenters. The van der Waals surface area contributed by atoms with Crippen LogP contribution in [0.25, 0.3) is 0 Å². The van der Waals surface area contributed by atoms with Gasteiger partial charge in [-0.05, 0) is 54.6 Å². The summed E-state index contributed by atoms with van der Waals surface area (Å²) in [6.07, 6.45) is 0. The lowest BCUT2D eigenvalue weighted by molar-refractivity contribution is 0.102. The molecule has 0 aliphatic heterocycles. The van der Waals surface area contributed by atoms with Gasteiger partial charge in [0.2, 0.25) is 0 Å². The summed E-state index contributed by atoms with van der Waals surface area (Å²) >= 11 is 0. The fourth-order valence-corrected chi connectivity index (χ4v) is 3.59. The van der Waals surface area contributed by atoms with E-state index in [-0.39, 0.29) is 16.1 Å². The molecule has 144 valence electrons. The van der Waals surface area contributed by atoms with Crippen LogP contribution in [0.2, 0.25) is 0 Å². The third-order valence-electron chi connectivity index (χ3n) is 3.86. The van der Waals surface area contributed by atoms with Gasteiger partial charge in [-0.25, -0.2) is 12.8 Å². The molecule has 0 aliphatic rings. The zero-order chi connectivity index (χ0) is 20.1. The normalized spacial score (nSPS) is 10.9. The Hall–Kier alpha value is -3.39. The Balaban J connectivity index is 1.83. The van der Waals surface area contributed by atoms with Crippen molar-refractivity contribution in [2.24, 2.45) is 0 Å². The predicted molar refractivity (Wildman–Crippen MR) is 105 cm³/mol. The third-order valence-corrected chi connectivity index (χ3v) is 5.22. The highest BCUT2D eigenvalue weighted by Gasteiger charge is 2.18. The highest BCUT2D eigenvalue weighted by molar-refractivity contribution is 7.92. The van der Waals surface area contributed by atoms with E-state index in [9.17, 15) is 17.6 Å². The first kappa shape index (κ1) is 19.4. The van der Waals surface area contributed by atoms with E-state index >= 15 is 0 Å². The number of carbonyl (C=O) groups excluding carboxylic acids is 1. The quantitative estimate of drug-likeness (QED) is 0.658. The van der Waals surface area contributed by atoms with Crippen LogP contribution in [0.1, 0.15) is 10.4 Å². The maximum atomic E-state index is 13.0. The van der Waals surface area contributed by atoms with Crippen LogP contribution in [0.4, 0.5) is 15.8 Å². The molecule has 3 aromatic carbocycles. The van der Waals surface area contributed by atoms with Crippen molar-refractivity contribution in [1.82, 2.24) is 0 Å². The molecule has 0 aliphatic carbocycles. The molecule has 0 heterocycles. The Kier molecular flexibility index (Phi) is 5.60. The van der Waals surface area contributed by atoms with Gasteiger partial charge in [-0.1, -0.05) is 18.2 Å². The smallest absolute Gasteiger partial charge is 0.262 e. The zero-order valence-electron chi connectivity index (χ0n) is 14.8. The van der Waals surface area contributed by atoms with Crippen molar-refractivity contribution in [3.8, 4) is 5.75 Å². The van der Waals surface area contributed by atoms with E-state index in [1.54, 1.807) is 24.3 Å². The SMILES string of the molecule is COc1ccccc1NS(=O)(=O)c1cccc(C(=O)Nc2ccc(F)cc2)c1. The minimum atomic E-state index is -3.94. The van der Waals surface area contributed by atoms with E-state index in [2.05, 4.69) is 10.0 Å². The topological polar surface area (TPSA) is 84.5 Å². The first-order valence-electron chi connectivity index (χ1n) is 8.22. The van der Waals surface area contributed by atoms with Crippen molar-refractivity contribution in [3.63, 3.8) is 0 Å². The summed E-state index contributed by atoms with van der Waals surface area (Å²) in [6, 6.07) is 17.5. The van der Waals surface area contributed by atoms with E-state index in [1.807, 2.05) is 0 Å². The Morgan fingerprint density at radius 1 is 0.964 bits per heavy atom. The van der Waals surface area contributed by atoms with Crippen molar-refractivity contribution in [1.29, 1.82) is 0 Å². The molecule has 0 aromatic heterocycles. The van der Waals surface area contributed by atoms with Crippen LogP contribution in [-0.4, -0.2) is 21.4 Å². The van der Waals surface area contributed by atoms with Gasteiger partial charge in [0.25, 0.3) is 15.9 Å². The number of rotatable bonds is 6. The number of para-hydroxylation sites is 2. The van der Waals surface area contributed by atoms with Crippen molar-refractivity contribution in [3.05, 3.63) is 84.2 Å². The largest absolute Gasteiger partial charge is 0.495 e. The number of sulfonamides is 1. The number of amides is 1. The van der Waals surface area contributed by atoms with Crippen LogP contribution in [0.3, 0.4) is 0 Å². The molecule has 0 saturated carbocycles. The summed E-state index contributed by atoms with van der Waals surface area (Å²) in [5, 5.41) is 2.59. The van der Waals surface area contributed by atoms with Crippen molar-refractivity contribution < 1.29 is 22.3 Å². The van der Waals surface area contributed by atoms with E-state index in [0.717, 1.165) is 0 Å². The van der Waals surface area contributed by atoms with Crippen LogP contribution in [-0.2, 0) is 10.0 Å². The average Bonchev–Trinajstić information content (AvgIpc) is 2.70. The number of benzene rings is 3. The van der Waals surface area contributed by atoms with Gasteiger partial charge in [-0.2, -0.15) is 0 Å². The highest BCUT2D eigenvalue weighted by atomic mass is 32.2. The Morgan fingerprint density at radius 2 is 1.68 bits per heavy atom. The molecule has 0 spiro atoms. The minimum Gasteiger partial charge on any atom is -0.495 e. The maximum absolute atomic E-state index is 13.0. The predicted octanol–water partition coefficient (Wildman–Crippen LogP) is 3.89. The lowest BCUT2D eigenvalue weighted by Gasteiger charge is -2.12. The molecule has 2 N–H and O–H groups in total. The van der Waals surface area contributed by atoms with Crippen LogP contribution in [0, 0.1) is 5.82 Å². The molecule has 3 aromatic rings. The summed E-state index contributed by atoms with van der Waals surface area (Å²) < 4.78 is 46.0. The Bertz CT molecular complexity index is 1100. The summed E-state index contributed by atoms with van der Waals surface area (Å²) in [7, 11) is -2.50. The first-order chi connectivity index (χ1) is 13.4. The van der Waals surface area contributed by atoms with Crippen molar-refractivity contribution >= 4 is 27.3 Å². The number of hydrogen-bond acceptors (Lipinski definition) is 4. The van der Waals surface area contributed by atoms with Gasteiger partial charge in [-0.3, -0.25) is 9.52 Å². The summed E-state index contributed by atoms with van der Waals surface area (Å²) in [5.41, 5.74) is 0.824. The molecular formula is C20H17FN2O4S. The molecule has 3 rings (SSSR count). The lowest BCUT2D eigenvalue weighted by Crippen LogP contribution is -2.16. The van der Waals surface area contributed by atoms with Gasteiger partial charge in [0.1, 0.15) is 11.6 Å². The van der Waals surface area contributed by atoms with E-state index in [4.69, 9.17) is 4.74 Å². The Labute approximate surface area is 162 Å². The second-order valence-electron chi connectivity index (χ2n) is 5.79. The molecule has 0 saturated heterocycles. The van der Waals surface area contributed by atoms with Gasteiger partial charge in [0.15, 0.2) is 0 Å². The third kappa shape index (κ3) is 4.47. The first-order valence-corrected chi connectivity index (χ1v) is 9.70. The summed E-state index contributed by atoms with van der Waals surface area (Å²) in [4.78, 5) is 12.3. The number of ether oxygens (including phenoxy) is 1. The monoisotopic (exact) mass is 400 g/mol. The number of methoxy groups -OCH3 is 1. The minimum absolute atomic E-state index is 0.0786. The van der Waals surface area contributed by atoms with Crippen LogP contribution < -0.4 is 14.8 Å². The highest BCUT2D eigenvalue weighted by Crippen LogP contribution is 2.26.